The number of ketones is 1. The van der Waals surface area contributed by atoms with Crippen molar-refractivity contribution in [1.82, 2.24) is 16.0 Å². The molecule has 2 rings (SSSR count). The number of rotatable bonds is 11. The molecular formula is C23H31FN4O6. The maximum Gasteiger partial charge on any atom is 0.313 e. The Bertz CT molecular complexity index is 922. The Labute approximate surface area is 197 Å². The molecule has 1 saturated heterocycles. The van der Waals surface area contributed by atoms with Crippen LogP contribution in [0.1, 0.15) is 33.1 Å². The number of methoxy groups -OCH3 is 1. The first kappa shape index (κ1) is 26.9. The van der Waals surface area contributed by atoms with E-state index in [1.165, 1.54) is 25.3 Å². The Morgan fingerprint density at radius 3 is 2.41 bits per heavy atom. The monoisotopic (exact) mass is 478 g/mol. The number of Topliss-reactive ketones (excluding diaryl/α,β-unsaturated/α-hetero) is 1. The Morgan fingerprint density at radius 2 is 1.82 bits per heavy atom. The van der Waals surface area contributed by atoms with Gasteiger partial charge in [-0.15, -0.1) is 0 Å². The molecule has 0 saturated carbocycles. The largest absolute Gasteiger partial charge is 0.377 e. The molecule has 34 heavy (non-hydrogen) atoms. The highest BCUT2D eigenvalue weighted by molar-refractivity contribution is 6.40. The van der Waals surface area contributed by atoms with Gasteiger partial charge >= 0.3 is 11.8 Å². The van der Waals surface area contributed by atoms with Gasteiger partial charge in [0.15, 0.2) is 5.78 Å². The number of hydrogen-bond donors (Lipinski definition) is 4. The number of halogens is 1. The Balaban J connectivity index is 2.09. The molecule has 0 spiro atoms. The molecule has 1 heterocycles. The van der Waals surface area contributed by atoms with Gasteiger partial charge < -0.3 is 26.0 Å². The summed E-state index contributed by atoms with van der Waals surface area (Å²) in [6.07, 6.45) is 0.809. The maximum atomic E-state index is 13.8. The zero-order valence-corrected chi connectivity index (χ0v) is 19.5. The summed E-state index contributed by atoms with van der Waals surface area (Å²) >= 11 is 0. The van der Waals surface area contributed by atoms with Crippen LogP contribution in [0, 0.1) is 17.7 Å². The van der Waals surface area contributed by atoms with Gasteiger partial charge in [-0.3, -0.25) is 24.0 Å². The second-order valence-corrected chi connectivity index (χ2v) is 8.56. The summed E-state index contributed by atoms with van der Waals surface area (Å²) in [4.78, 5) is 62.2. The van der Waals surface area contributed by atoms with Crippen molar-refractivity contribution in [1.29, 1.82) is 0 Å². The van der Waals surface area contributed by atoms with Crippen LogP contribution in [-0.4, -0.2) is 61.8 Å². The van der Waals surface area contributed by atoms with Gasteiger partial charge in [-0.1, -0.05) is 26.0 Å². The molecule has 1 fully saturated rings. The van der Waals surface area contributed by atoms with Crippen LogP contribution >= 0.6 is 0 Å². The number of benzene rings is 1. The molecule has 4 amide bonds. The van der Waals surface area contributed by atoms with E-state index >= 15 is 0 Å². The lowest BCUT2D eigenvalue weighted by Crippen LogP contribution is -2.54. The highest BCUT2D eigenvalue weighted by Crippen LogP contribution is 2.17. The quantitative estimate of drug-likeness (QED) is 0.342. The summed E-state index contributed by atoms with van der Waals surface area (Å²) in [5, 5.41) is 9.81. The molecule has 0 unspecified atom stereocenters. The Kier molecular flexibility index (Phi) is 10.1. The molecule has 11 heteroatoms. The first-order valence-corrected chi connectivity index (χ1v) is 11.1. The van der Waals surface area contributed by atoms with Gasteiger partial charge in [0.2, 0.25) is 11.8 Å². The second-order valence-electron chi connectivity index (χ2n) is 8.56. The summed E-state index contributed by atoms with van der Waals surface area (Å²) in [6.45, 7) is 3.88. The molecule has 0 radical (unpaired) electrons. The van der Waals surface area contributed by atoms with Crippen molar-refractivity contribution in [3.63, 3.8) is 0 Å². The standard InChI is InChI=1S/C23H31FN4O6/c1-13(2)10-18(28-23(33)22(32)26-16-7-5-4-6-15(16)24)21(31)27-17(19(29)12-34-3)11-14-8-9-25-20(14)30/h4-7,13-14,17-18H,8-12H2,1-3H3,(H,25,30)(H,26,32)(H,27,31)(H,28,33)/t14-,17-,18-/m0/s1. The number of para-hydroxylation sites is 1. The van der Waals surface area contributed by atoms with Crippen LogP contribution in [0.3, 0.4) is 0 Å². The first-order valence-electron chi connectivity index (χ1n) is 11.1. The summed E-state index contributed by atoms with van der Waals surface area (Å²) < 4.78 is 18.7. The van der Waals surface area contributed by atoms with Crippen LogP contribution in [0.5, 0.6) is 0 Å². The van der Waals surface area contributed by atoms with E-state index in [9.17, 15) is 28.4 Å². The lowest BCUT2D eigenvalue weighted by atomic mass is 9.95. The molecule has 1 aliphatic heterocycles. The third kappa shape index (κ3) is 7.91. The topological polar surface area (TPSA) is 143 Å². The molecule has 1 aliphatic rings. The molecular weight excluding hydrogens is 447 g/mol. The molecule has 0 bridgehead atoms. The third-order valence-electron chi connectivity index (χ3n) is 5.33. The van der Waals surface area contributed by atoms with Crippen LogP contribution in [0.25, 0.3) is 0 Å². The summed E-state index contributed by atoms with van der Waals surface area (Å²) in [5.74, 6) is -4.73. The SMILES string of the molecule is COCC(=O)[C@H](C[C@@H]1CCNC1=O)NC(=O)[C@H](CC(C)C)NC(=O)C(=O)Nc1ccccc1F. The number of nitrogens with one attached hydrogen (secondary N) is 4. The van der Waals surface area contributed by atoms with E-state index in [4.69, 9.17) is 4.74 Å². The first-order chi connectivity index (χ1) is 16.1. The highest BCUT2D eigenvalue weighted by atomic mass is 19.1. The highest BCUT2D eigenvalue weighted by Gasteiger charge is 2.33. The van der Waals surface area contributed by atoms with E-state index in [1.54, 1.807) is 0 Å². The minimum atomic E-state index is -1.14. The number of carbonyl (C=O) groups is 5. The van der Waals surface area contributed by atoms with Crippen molar-refractivity contribution in [2.24, 2.45) is 11.8 Å². The number of anilines is 1. The predicted molar refractivity (Wildman–Crippen MR) is 121 cm³/mol. The number of amides is 4. The molecule has 1 aromatic rings. The van der Waals surface area contributed by atoms with Crippen molar-refractivity contribution in [3.05, 3.63) is 30.1 Å². The fraction of sp³-hybridized carbons (Fsp3) is 0.522. The van der Waals surface area contributed by atoms with E-state index in [2.05, 4.69) is 21.3 Å². The van der Waals surface area contributed by atoms with Crippen LogP contribution in [0.15, 0.2) is 24.3 Å². The Morgan fingerprint density at radius 1 is 1.12 bits per heavy atom. The molecule has 0 aromatic heterocycles. The summed E-state index contributed by atoms with van der Waals surface area (Å²) in [7, 11) is 1.34. The number of hydrogen-bond acceptors (Lipinski definition) is 6. The van der Waals surface area contributed by atoms with Gasteiger partial charge in [0.25, 0.3) is 0 Å². The average Bonchev–Trinajstić information content (AvgIpc) is 3.18. The summed E-state index contributed by atoms with van der Waals surface area (Å²) in [5.41, 5.74) is -0.174. The Hall–Kier alpha value is -3.34. The van der Waals surface area contributed by atoms with E-state index in [-0.39, 0.29) is 37.0 Å². The van der Waals surface area contributed by atoms with E-state index < -0.39 is 47.3 Å². The zero-order valence-electron chi connectivity index (χ0n) is 19.5. The van der Waals surface area contributed by atoms with Crippen molar-refractivity contribution < 1.29 is 33.1 Å². The van der Waals surface area contributed by atoms with Gasteiger partial charge in [0, 0.05) is 19.6 Å². The van der Waals surface area contributed by atoms with Crippen molar-refractivity contribution >= 4 is 35.1 Å². The maximum absolute atomic E-state index is 13.8. The smallest absolute Gasteiger partial charge is 0.313 e. The van der Waals surface area contributed by atoms with Gasteiger partial charge in [-0.25, -0.2) is 4.39 Å². The van der Waals surface area contributed by atoms with Crippen molar-refractivity contribution in [3.8, 4) is 0 Å². The molecule has 4 N–H and O–H groups in total. The number of carbonyl (C=O) groups excluding carboxylic acids is 5. The second kappa shape index (κ2) is 12.8. The van der Waals surface area contributed by atoms with Crippen molar-refractivity contribution in [2.75, 3.05) is 25.6 Å². The molecule has 1 aromatic carbocycles. The normalized spacial score (nSPS) is 17.0. The molecule has 10 nitrogen and oxygen atoms in total. The molecule has 186 valence electrons. The van der Waals surface area contributed by atoms with E-state index in [1.807, 2.05) is 13.8 Å². The van der Waals surface area contributed by atoms with Crippen LogP contribution in [0.4, 0.5) is 10.1 Å². The lowest BCUT2D eigenvalue weighted by molar-refractivity contribution is -0.138. The molecule has 0 aliphatic carbocycles. The van der Waals surface area contributed by atoms with Gasteiger partial charge in [0.05, 0.1) is 11.7 Å². The van der Waals surface area contributed by atoms with Crippen LogP contribution in [-0.2, 0) is 28.7 Å². The lowest BCUT2D eigenvalue weighted by Gasteiger charge is -2.24. The van der Waals surface area contributed by atoms with Crippen LogP contribution in [0.2, 0.25) is 0 Å². The van der Waals surface area contributed by atoms with E-state index in [0.717, 1.165) is 6.07 Å². The minimum Gasteiger partial charge on any atom is -0.377 e. The summed E-state index contributed by atoms with van der Waals surface area (Å²) in [6, 6.07) is 3.22. The fourth-order valence-electron chi connectivity index (χ4n) is 3.61. The third-order valence-corrected chi connectivity index (χ3v) is 5.33. The van der Waals surface area contributed by atoms with Gasteiger partial charge in [-0.05, 0) is 37.3 Å². The predicted octanol–water partition coefficient (Wildman–Crippen LogP) is 0.522. The zero-order chi connectivity index (χ0) is 25.3. The van der Waals surface area contributed by atoms with Gasteiger partial charge in [-0.2, -0.15) is 0 Å². The van der Waals surface area contributed by atoms with E-state index in [0.29, 0.717) is 13.0 Å². The molecule has 3 atom stereocenters. The van der Waals surface area contributed by atoms with Gasteiger partial charge in [0.1, 0.15) is 18.5 Å². The van der Waals surface area contributed by atoms with Crippen molar-refractivity contribution in [2.45, 2.75) is 45.2 Å². The fourth-order valence-corrected chi connectivity index (χ4v) is 3.61. The van der Waals surface area contributed by atoms with Crippen LogP contribution < -0.4 is 21.3 Å². The number of ether oxygens (including phenoxy) is 1. The minimum absolute atomic E-state index is 0.0422. The average molecular weight is 479 g/mol.